The van der Waals surface area contributed by atoms with Crippen molar-refractivity contribution >= 4 is 65.5 Å². The Labute approximate surface area is 200 Å². The molecule has 0 aliphatic carbocycles. The number of anilines is 1. The normalized spacial score (nSPS) is 13.0. The van der Waals surface area contributed by atoms with Gasteiger partial charge in [0.1, 0.15) is 0 Å². The Morgan fingerprint density at radius 1 is 0.833 bits per heavy atom. The maximum atomic E-state index is 6.13. The minimum absolute atomic E-state index is 0. The van der Waals surface area contributed by atoms with Crippen LogP contribution in [0.2, 0.25) is 10.0 Å². The smallest absolute Gasteiger partial charge is 0.0668 e. The lowest BCUT2D eigenvalue weighted by atomic mass is 9.99. The van der Waals surface area contributed by atoms with E-state index in [0.29, 0.717) is 10.0 Å². The Balaban J connectivity index is 0.00000160. The second kappa shape index (κ2) is 10.9. The number of hydrogen-bond acceptors (Lipinski definition) is 2. The number of nitrogens with zero attached hydrogens (tertiary/aromatic N) is 2. The Morgan fingerprint density at radius 3 is 2.33 bits per heavy atom. The van der Waals surface area contributed by atoms with Crippen molar-refractivity contribution in [3.63, 3.8) is 0 Å². The van der Waals surface area contributed by atoms with Crippen molar-refractivity contribution in [2.45, 2.75) is 0 Å². The quantitative estimate of drug-likeness (QED) is 0.380. The van der Waals surface area contributed by atoms with Gasteiger partial charge in [-0.3, -0.25) is 4.99 Å². The first-order valence-corrected chi connectivity index (χ1v) is 9.96. The number of benzodiazepines with no additional fused rings is 1. The van der Waals surface area contributed by atoms with Crippen molar-refractivity contribution in [3.8, 4) is 11.1 Å². The number of allylic oxidation sites excluding steroid dienone is 1. The zero-order valence-corrected chi connectivity index (χ0v) is 19.5. The van der Waals surface area contributed by atoms with Gasteiger partial charge >= 0.3 is 0 Å². The fourth-order valence-corrected chi connectivity index (χ4v) is 3.64. The largest absolute Gasteiger partial charge is 0.372 e. The van der Waals surface area contributed by atoms with E-state index in [1.54, 1.807) is 0 Å². The molecular formula is C24H22Cl4N2. The van der Waals surface area contributed by atoms with Crippen LogP contribution in [0.5, 0.6) is 0 Å². The second-order valence-corrected chi connectivity index (χ2v) is 7.61. The molecule has 4 rings (SSSR count). The number of rotatable bonds is 3. The lowest BCUT2D eigenvalue weighted by Crippen LogP contribution is -2.20. The van der Waals surface area contributed by atoms with Crippen molar-refractivity contribution in [3.05, 3.63) is 94.0 Å². The van der Waals surface area contributed by atoms with E-state index in [0.717, 1.165) is 29.9 Å². The summed E-state index contributed by atoms with van der Waals surface area (Å²) in [5, 5.41) is 1.12. The first-order chi connectivity index (χ1) is 13.6. The molecule has 30 heavy (non-hydrogen) atoms. The van der Waals surface area contributed by atoms with Crippen LogP contribution in [-0.2, 0) is 0 Å². The first kappa shape index (κ1) is 24.3. The summed E-state index contributed by atoms with van der Waals surface area (Å²) < 4.78 is 0. The number of fused-ring (bicyclic) bond motifs is 1. The van der Waals surface area contributed by atoms with Gasteiger partial charge in [0.2, 0.25) is 0 Å². The van der Waals surface area contributed by atoms with Crippen LogP contribution in [0, 0.1) is 0 Å². The van der Waals surface area contributed by atoms with Gasteiger partial charge < -0.3 is 4.90 Å². The standard InChI is InChI=1S/C24H20Cl2N2.2ClH/c1-28-14-13-27-23(12-8-17-7-11-21(25)22(26)15-17)20-10-9-19(16-24(20)28)18-5-3-2-4-6-18;;/h2-12,15-16H,13-14H2,1H3;2*1H/b12-8+;;. The molecule has 0 radical (unpaired) electrons. The molecule has 2 nitrogen and oxygen atoms in total. The molecule has 3 aromatic carbocycles. The maximum absolute atomic E-state index is 6.13. The van der Waals surface area contributed by atoms with E-state index < -0.39 is 0 Å². The topological polar surface area (TPSA) is 15.6 Å². The van der Waals surface area contributed by atoms with E-state index in [2.05, 4.69) is 60.5 Å². The summed E-state index contributed by atoms with van der Waals surface area (Å²) in [5.41, 5.74) is 6.73. The Morgan fingerprint density at radius 2 is 1.60 bits per heavy atom. The molecule has 0 saturated carbocycles. The van der Waals surface area contributed by atoms with Crippen molar-refractivity contribution in [1.29, 1.82) is 0 Å². The van der Waals surface area contributed by atoms with Gasteiger partial charge in [-0.1, -0.05) is 77.8 Å². The number of benzene rings is 3. The van der Waals surface area contributed by atoms with Crippen LogP contribution in [-0.4, -0.2) is 25.8 Å². The van der Waals surface area contributed by atoms with Crippen molar-refractivity contribution in [2.24, 2.45) is 4.99 Å². The summed E-state index contributed by atoms with van der Waals surface area (Å²) in [6, 6.07) is 22.6. The number of halogens is 4. The van der Waals surface area contributed by atoms with Gasteiger partial charge in [0.05, 0.1) is 22.3 Å². The number of aliphatic imine (C=N–C) groups is 1. The van der Waals surface area contributed by atoms with E-state index in [1.165, 1.54) is 16.8 Å². The van der Waals surface area contributed by atoms with E-state index >= 15 is 0 Å². The summed E-state index contributed by atoms with van der Waals surface area (Å²) in [6.45, 7) is 1.64. The highest BCUT2D eigenvalue weighted by Gasteiger charge is 2.15. The monoisotopic (exact) mass is 478 g/mol. The fourth-order valence-electron chi connectivity index (χ4n) is 3.33. The molecule has 1 heterocycles. The molecule has 0 N–H and O–H groups in total. The third-order valence-corrected chi connectivity index (χ3v) is 5.63. The van der Waals surface area contributed by atoms with Gasteiger partial charge in [-0.25, -0.2) is 0 Å². The average molecular weight is 480 g/mol. The highest BCUT2D eigenvalue weighted by molar-refractivity contribution is 6.42. The lowest BCUT2D eigenvalue weighted by molar-refractivity contribution is 0.897. The van der Waals surface area contributed by atoms with Crippen LogP contribution in [0.3, 0.4) is 0 Å². The molecule has 0 amide bonds. The number of likely N-dealkylation sites (N-methyl/N-ethyl adjacent to an activating group) is 1. The summed E-state index contributed by atoms with van der Waals surface area (Å²) in [7, 11) is 2.12. The Hall–Kier alpha value is -1.97. The molecular weight excluding hydrogens is 458 g/mol. The maximum Gasteiger partial charge on any atom is 0.0668 e. The Bertz CT molecular complexity index is 1060. The van der Waals surface area contributed by atoms with Crippen LogP contribution < -0.4 is 4.90 Å². The molecule has 1 aliphatic rings. The number of hydrogen-bond donors (Lipinski definition) is 0. The average Bonchev–Trinajstić information content (AvgIpc) is 2.88. The molecule has 0 atom stereocenters. The van der Waals surface area contributed by atoms with E-state index in [-0.39, 0.29) is 24.8 Å². The molecule has 156 valence electrons. The summed E-state index contributed by atoms with van der Waals surface area (Å²) in [4.78, 5) is 7.07. The first-order valence-electron chi connectivity index (χ1n) is 9.20. The van der Waals surface area contributed by atoms with Gasteiger partial charge in [0.25, 0.3) is 0 Å². The van der Waals surface area contributed by atoms with Crippen molar-refractivity contribution in [2.75, 3.05) is 25.0 Å². The molecule has 0 bridgehead atoms. The van der Waals surface area contributed by atoms with Gasteiger partial charge in [0.15, 0.2) is 0 Å². The van der Waals surface area contributed by atoms with E-state index in [1.807, 2.05) is 30.3 Å². The highest BCUT2D eigenvalue weighted by Crippen LogP contribution is 2.30. The molecule has 3 aromatic rings. The molecule has 0 unspecified atom stereocenters. The Kier molecular flexibility index (Phi) is 8.81. The predicted molar refractivity (Wildman–Crippen MR) is 137 cm³/mol. The molecule has 0 aromatic heterocycles. The van der Waals surface area contributed by atoms with Crippen molar-refractivity contribution < 1.29 is 0 Å². The highest BCUT2D eigenvalue weighted by atomic mass is 35.5. The molecule has 0 fully saturated rings. The SMILES string of the molecule is CN1CCN=C(/C=C/c2ccc(Cl)c(Cl)c2)c2ccc(-c3ccccc3)cc21.Cl.Cl. The van der Waals surface area contributed by atoms with E-state index in [4.69, 9.17) is 28.2 Å². The zero-order chi connectivity index (χ0) is 19.5. The third kappa shape index (κ3) is 5.39. The molecule has 1 aliphatic heterocycles. The molecule has 6 heteroatoms. The van der Waals surface area contributed by atoms with Crippen molar-refractivity contribution in [1.82, 2.24) is 0 Å². The molecule has 0 saturated heterocycles. The zero-order valence-electron chi connectivity index (χ0n) is 16.4. The van der Waals surface area contributed by atoms with Crippen LogP contribution in [0.4, 0.5) is 5.69 Å². The van der Waals surface area contributed by atoms with Gasteiger partial charge in [-0.05, 0) is 41.0 Å². The predicted octanol–water partition coefficient (Wildman–Crippen LogP) is 7.46. The van der Waals surface area contributed by atoms with Gasteiger partial charge in [-0.2, -0.15) is 0 Å². The van der Waals surface area contributed by atoms with Crippen LogP contribution in [0.15, 0.2) is 77.8 Å². The van der Waals surface area contributed by atoms with E-state index in [9.17, 15) is 0 Å². The molecule has 0 spiro atoms. The minimum atomic E-state index is 0. The van der Waals surface area contributed by atoms with Gasteiger partial charge in [-0.15, -0.1) is 24.8 Å². The van der Waals surface area contributed by atoms with Gasteiger partial charge in [0, 0.05) is 24.8 Å². The lowest BCUT2D eigenvalue weighted by Gasteiger charge is -2.20. The summed E-state index contributed by atoms with van der Waals surface area (Å²) in [6.07, 6.45) is 4.08. The van der Waals surface area contributed by atoms with Crippen LogP contribution in [0.25, 0.3) is 17.2 Å². The third-order valence-electron chi connectivity index (χ3n) is 4.89. The minimum Gasteiger partial charge on any atom is -0.372 e. The van der Waals surface area contributed by atoms with Crippen LogP contribution >= 0.6 is 48.0 Å². The fraction of sp³-hybridized carbons (Fsp3) is 0.125. The van der Waals surface area contributed by atoms with Crippen LogP contribution in [0.1, 0.15) is 11.1 Å². The summed E-state index contributed by atoms with van der Waals surface area (Å²) in [5.74, 6) is 0. The summed E-state index contributed by atoms with van der Waals surface area (Å²) >= 11 is 12.1. The second-order valence-electron chi connectivity index (χ2n) is 6.79.